The maximum absolute atomic E-state index is 12.5. The highest BCUT2D eigenvalue weighted by Gasteiger charge is 2.34. The van der Waals surface area contributed by atoms with Gasteiger partial charge in [0.25, 0.3) is 0 Å². The van der Waals surface area contributed by atoms with E-state index in [1.165, 1.54) is 9.80 Å². The summed E-state index contributed by atoms with van der Waals surface area (Å²) in [6, 6.07) is -0.325. The van der Waals surface area contributed by atoms with Gasteiger partial charge in [-0.3, -0.25) is 9.59 Å². The molecular weight excluding hydrogens is 262 g/mol. The minimum absolute atomic E-state index is 0.00615. The average molecular weight is 283 g/mol. The molecule has 2 fully saturated rings. The van der Waals surface area contributed by atoms with Gasteiger partial charge in [0.1, 0.15) is 13.1 Å². The number of piperazine rings is 1. The summed E-state index contributed by atoms with van der Waals surface area (Å²) in [5, 5.41) is 9.00. The summed E-state index contributed by atoms with van der Waals surface area (Å²) in [5.41, 5.74) is 0. The molecule has 0 aromatic heterocycles. The Morgan fingerprint density at radius 1 is 1.30 bits per heavy atom. The van der Waals surface area contributed by atoms with E-state index in [1.807, 2.05) is 0 Å². The summed E-state index contributed by atoms with van der Waals surface area (Å²) in [4.78, 5) is 39.6. The molecule has 0 spiro atoms. The van der Waals surface area contributed by atoms with Gasteiger partial charge in [-0.2, -0.15) is 0 Å². The molecule has 7 heteroatoms. The van der Waals surface area contributed by atoms with E-state index < -0.39 is 5.97 Å². The van der Waals surface area contributed by atoms with Crippen LogP contribution < -0.4 is 0 Å². The predicted molar refractivity (Wildman–Crippen MR) is 71.2 cm³/mol. The van der Waals surface area contributed by atoms with E-state index in [0.29, 0.717) is 13.1 Å². The number of urea groups is 1. The van der Waals surface area contributed by atoms with Crippen LogP contribution in [0.15, 0.2) is 0 Å². The monoisotopic (exact) mass is 283 g/mol. The molecule has 3 amide bonds. The molecule has 0 aromatic rings. The van der Waals surface area contributed by atoms with Crippen LogP contribution in [0.3, 0.4) is 0 Å². The van der Waals surface area contributed by atoms with E-state index in [0.717, 1.165) is 25.7 Å². The molecule has 0 atom stereocenters. The van der Waals surface area contributed by atoms with Crippen LogP contribution in [0.2, 0.25) is 0 Å². The van der Waals surface area contributed by atoms with Gasteiger partial charge < -0.3 is 19.8 Å². The fourth-order valence-corrected chi connectivity index (χ4v) is 2.82. The highest BCUT2D eigenvalue weighted by Crippen LogP contribution is 2.24. The number of likely N-dealkylation sites (N-methyl/N-ethyl adjacent to an activating group) is 1. The van der Waals surface area contributed by atoms with Crippen molar-refractivity contribution in [3.8, 4) is 0 Å². The largest absolute Gasteiger partial charge is 0.480 e. The second kappa shape index (κ2) is 6.11. The van der Waals surface area contributed by atoms with Crippen LogP contribution in [0.25, 0.3) is 0 Å². The molecule has 1 heterocycles. The minimum Gasteiger partial charge on any atom is -0.480 e. The third-order valence-electron chi connectivity index (χ3n) is 4.04. The summed E-state index contributed by atoms with van der Waals surface area (Å²) < 4.78 is 0. The quantitative estimate of drug-likeness (QED) is 0.803. The predicted octanol–water partition coefficient (Wildman–Crippen LogP) is 0.210. The zero-order valence-electron chi connectivity index (χ0n) is 11.7. The van der Waals surface area contributed by atoms with E-state index >= 15 is 0 Å². The number of carboxylic acid groups (broad SMARTS) is 1. The molecule has 1 aliphatic carbocycles. The first-order valence-corrected chi connectivity index (χ1v) is 7.00. The van der Waals surface area contributed by atoms with Gasteiger partial charge in [0.05, 0.1) is 0 Å². The number of hydrogen-bond donors (Lipinski definition) is 1. The van der Waals surface area contributed by atoms with E-state index in [9.17, 15) is 14.4 Å². The number of hydrogen-bond acceptors (Lipinski definition) is 3. The smallest absolute Gasteiger partial charge is 0.323 e. The molecule has 7 nitrogen and oxygen atoms in total. The Labute approximate surface area is 118 Å². The number of nitrogens with zero attached hydrogens (tertiary/aromatic N) is 3. The summed E-state index contributed by atoms with van der Waals surface area (Å²) in [6.45, 7) is 0.711. The molecule has 1 saturated carbocycles. The lowest BCUT2D eigenvalue weighted by Gasteiger charge is -2.37. The molecule has 1 saturated heterocycles. The van der Waals surface area contributed by atoms with Crippen LogP contribution in [0, 0.1) is 0 Å². The highest BCUT2D eigenvalue weighted by atomic mass is 16.4. The van der Waals surface area contributed by atoms with Gasteiger partial charge in [-0.15, -0.1) is 0 Å². The maximum Gasteiger partial charge on any atom is 0.323 e. The molecule has 0 radical (unpaired) electrons. The Bertz CT molecular complexity index is 406. The van der Waals surface area contributed by atoms with E-state index in [-0.39, 0.29) is 31.1 Å². The lowest BCUT2D eigenvalue weighted by molar-refractivity contribution is -0.138. The molecular formula is C13H21N3O4. The molecule has 1 N–H and O–H groups in total. The first-order chi connectivity index (χ1) is 9.49. The normalized spacial score (nSPS) is 20.4. The first kappa shape index (κ1) is 14.6. The van der Waals surface area contributed by atoms with Gasteiger partial charge in [0, 0.05) is 26.2 Å². The molecule has 0 bridgehead atoms. The van der Waals surface area contributed by atoms with Crippen LogP contribution in [0.1, 0.15) is 25.7 Å². The Balaban J connectivity index is 2.05. The number of carboxylic acids is 1. The number of carbonyl (C=O) groups is 3. The standard InChI is InChI=1S/C13H21N3O4/c1-14-6-7-15(8-11(14)17)13(20)16(9-12(18)19)10-4-2-3-5-10/h10H,2-9H2,1H3,(H,18,19). The van der Waals surface area contributed by atoms with Crippen molar-refractivity contribution in [3.63, 3.8) is 0 Å². The Hall–Kier alpha value is -1.79. The van der Waals surface area contributed by atoms with Crippen LogP contribution >= 0.6 is 0 Å². The average Bonchev–Trinajstić information content (AvgIpc) is 2.92. The van der Waals surface area contributed by atoms with Gasteiger partial charge in [0.2, 0.25) is 5.91 Å². The molecule has 2 rings (SSSR count). The third-order valence-corrected chi connectivity index (χ3v) is 4.04. The van der Waals surface area contributed by atoms with Crippen molar-refractivity contribution in [2.75, 3.05) is 33.2 Å². The summed E-state index contributed by atoms with van der Waals surface area (Å²) in [5.74, 6) is -1.11. The number of amides is 3. The van der Waals surface area contributed by atoms with Crippen LogP contribution in [-0.4, -0.2) is 77.0 Å². The van der Waals surface area contributed by atoms with Gasteiger partial charge in [-0.05, 0) is 12.8 Å². The second-order valence-electron chi connectivity index (χ2n) is 5.48. The van der Waals surface area contributed by atoms with E-state index in [2.05, 4.69) is 0 Å². The Morgan fingerprint density at radius 3 is 2.50 bits per heavy atom. The van der Waals surface area contributed by atoms with E-state index in [1.54, 1.807) is 11.9 Å². The van der Waals surface area contributed by atoms with Crippen molar-refractivity contribution in [3.05, 3.63) is 0 Å². The molecule has 112 valence electrons. The zero-order valence-corrected chi connectivity index (χ0v) is 11.7. The highest BCUT2D eigenvalue weighted by molar-refractivity contribution is 5.86. The third kappa shape index (κ3) is 3.20. The zero-order chi connectivity index (χ0) is 14.7. The second-order valence-corrected chi connectivity index (χ2v) is 5.48. The van der Waals surface area contributed by atoms with Gasteiger partial charge in [0.15, 0.2) is 0 Å². The van der Waals surface area contributed by atoms with Crippen LogP contribution in [0.5, 0.6) is 0 Å². The number of rotatable bonds is 3. The minimum atomic E-state index is -1.01. The van der Waals surface area contributed by atoms with Gasteiger partial charge >= 0.3 is 12.0 Å². The summed E-state index contributed by atoms with van der Waals surface area (Å²) in [6.07, 6.45) is 3.74. The van der Waals surface area contributed by atoms with Crippen LogP contribution in [0.4, 0.5) is 4.79 Å². The first-order valence-electron chi connectivity index (χ1n) is 7.00. The molecule has 0 unspecified atom stereocenters. The topological polar surface area (TPSA) is 81.2 Å². The number of carbonyl (C=O) groups excluding carboxylic acids is 2. The van der Waals surface area contributed by atoms with Crippen molar-refractivity contribution in [2.24, 2.45) is 0 Å². The number of aliphatic carboxylic acids is 1. The molecule has 2 aliphatic rings. The fraction of sp³-hybridized carbons (Fsp3) is 0.769. The summed E-state index contributed by atoms with van der Waals surface area (Å²) >= 11 is 0. The van der Waals surface area contributed by atoms with Crippen molar-refractivity contribution >= 4 is 17.9 Å². The van der Waals surface area contributed by atoms with Crippen molar-refractivity contribution < 1.29 is 19.5 Å². The SMILES string of the molecule is CN1CCN(C(=O)N(CC(=O)O)C2CCCC2)CC1=O. The lowest BCUT2D eigenvalue weighted by atomic mass is 10.2. The van der Waals surface area contributed by atoms with Crippen molar-refractivity contribution in [1.82, 2.24) is 14.7 Å². The molecule has 1 aliphatic heterocycles. The Morgan fingerprint density at radius 2 is 1.95 bits per heavy atom. The van der Waals surface area contributed by atoms with Crippen molar-refractivity contribution in [1.29, 1.82) is 0 Å². The molecule has 0 aromatic carbocycles. The van der Waals surface area contributed by atoms with E-state index in [4.69, 9.17) is 5.11 Å². The summed E-state index contributed by atoms with van der Waals surface area (Å²) in [7, 11) is 1.70. The van der Waals surface area contributed by atoms with Gasteiger partial charge in [-0.1, -0.05) is 12.8 Å². The maximum atomic E-state index is 12.5. The van der Waals surface area contributed by atoms with Gasteiger partial charge in [-0.25, -0.2) is 4.79 Å². The Kier molecular flexibility index (Phi) is 4.46. The van der Waals surface area contributed by atoms with Crippen molar-refractivity contribution in [2.45, 2.75) is 31.7 Å². The fourth-order valence-electron chi connectivity index (χ4n) is 2.82. The molecule has 20 heavy (non-hydrogen) atoms. The van der Waals surface area contributed by atoms with Crippen LogP contribution in [-0.2, 0) is 9.59 Å². The lowest BCUT2D eigenvalue weighted by Crippen LogP contribution is -2.56.